The van der Waals surface area contributed by atoms with Crippen molar-refractivity contribution in [3.63, 3.8) is 0 Å². The van der Waals surface area contributed by atoms with Crippen molar-refractivity contribution >= 4 is 11.6 Å². The van der Waals surface area contributed by atoms with Crippen molar-refractivity contribution in [3.8, 4) is 0 Å². The molecular formula is C20H28O2. The SMILES string of the molecule is CC1(C)CCC[C@@]2(C)[C@H]1CCC1=CC(=O)[C@]3(C)C[C@@]12CC3=O. The molecule has 0 radical (unpaired) electrons. The second kappa shape index (κ2) is 3.94. The summed E-state index contributed by atoms with van der Waals surface area (Å²) in [7, 11) is 0. The highest BCUT2D eigenvalue weighted by Gasteiger charge is 2.69. The highest BCUT2D eigenvalue weighted by atomic mass is 16.2. The Kier molecular flexibility index (Phi) is 2.62. The van der Waals surface area contributed by atoms with E-state index in [9.17, 15) is 9.59 Å². The highest BCUT2D eigenvalue weighted by Crippen LogP contribution is 2.73. The number of hydrogen-bond acceptors (Lipinski definition) is 2. The number of Topliss-reactive ketones (excluding diaryl/α,β-unsaturated/α-hetero) is 1. The van der Waals surface area contributed by atoms with E-state index in [2.05, 4.69) is 20.8 Å². The molecule has 0 aliphatic heterocycles. The molecule has 3 fully saturated rings. The van der Waals surface area contributed by atoms with Crippen LogP contribution in [0.1, 0.15) is 72.6 Å². The first-order valence-electron chi connectivity index (χ1n) is 8.95. The van der Waals surface area contributed by atoms with E-state index in [-0.39, 0.29) is 22.4 Å². The molecular weight excluding hydrogens is 272 g/mol. The third kappa shape index (κ3) is 1.43. The standard InChI is InChI=1S/C20H28O2/c1-17(2)8-5-9-19(4)14(17)7-6-13-10-15(21)18(3)12-20(13,19)11-16(18)22/h10,14H,5-9,11-12H2,1-4H3/t14-,18-,19-,20-/m0/s1. The summed E-state index contributed by atoms with van der Waals surface area (Å²) in [6, 6.07) is 0. The summed E-state index contributed by atoms with van der Waals surface area (Å²) in [4.78, 5) is 25.3. The third-order valence-corrected chi connectivity index (χ3v) is 8.22. The van der Waals surface area contributed by atoms with Gasteiger partial charge in [-0.05, 0) is 61.9 Å². The van der Waals surface area contributed by atoms with Crippen molar-refractivity contribution in [1.82, 2.24) is 0 Å². The van der Waals surface area contributed by atoms with Gasteiger partial charge >= 0.3 is 0 Å². The molecule has 0 aromatic carbocycles. The Balaban J connectivity index is 1.91. The highest BCUT2D eigenvalue weighted by molar-refractivity contribution is 6.15. The van der Waals surface area contributed by atoms with Crippen molar-refractivity contribution < 1.29 is 9.59 Å². The molecule has 0 amide bonds. The minimum atomic E-state index is -0.726. The Morgan fingerprint density at radius 1 is 1.09 bits per heavy atom. The second-order valence-electron chi connectivity index (χ2n) is 9.58. The van der Waals surface area contributed by atoms with Gasteiger partial charge in [0.2, 0.25) is 0 Å². The molecule has 3 saturated carbocycles. The molecule has 4 aliphatic carbocycles. The van der Waals surface area contributed by atoms with Crippen LogP contribution in [0.3, 0.4) is 0 Å². The van der Waals surface area contributed by atoms with Crippen LogP contribution in [-0.4, -0.2) is 11.6 Å². The molecule has 0 aromatic heterocycles. The van der Waals surface area contributed by atoms with Gasteiger partial charge in [-0.2, -0.15) is 0 Å². The van der Waals surface area contributed by atoms with Crippen molar-refractivity contribution in [1.29, 1.82) is 0 Å². The number of rotatable bonds is 0. The fraction of sp³-hybridized carbons (Fsp3) is 0.800. The second-order valence-corrected chi connectivity index (χ2v) is 9.58. The molecule has 0 aromatic rings. The van der Waals surface area contributed by atoms with Gasteiger partial charge in [0.15, 0.2) is 5.78 Å². The smallest absolute Gasteiger partial charge is 0.168 e. The van der Waals surface area contributed by atoms with Crippen LogP contribution in [0.15, 0.2) is 11.6 Å². The fourth-order valence-electron chi connectivity index (χ4n) is 6.93. The van der Waals surface area contributed by atoms with E-state index in [0.29, 0.717) is 17.8 Å². The minimum Gasteiger partial charge on any atom is -0.299 e. The summed E-state index contributed by atoms with van der Waals surface area (Å²) >= 11 is 0. The number of hydrogen-bond donors (Lipinski definition) is 0. The summed E-state index contributed by atoms with van der Waals surface area (Å²) in [6.07, 6.45) is 9.28. The van der Waals surface area contributed by atoms with Crippen LogP contribution >= 0.6 is 0 Å². The number of fused-ring (bicyclic) bond motifs is 2. The summed E-state index contributed by atoms with van der Waals surface area (Å²) < 4.78 is 0. The molecule has 0 heterocycles. The topological polar surface area (TPSA) is 34.1 Å². The maximum absolute atomic E-state index is 12.8. The zero-order valence-corrected chi connectivity index (χ0v) is 14.4. The summed E-state index contributed by atoms with van der Waals surface area (Å²) in [5, 5.41) is 0. The Bertz CT molecular complexity index is 613. The normalized spacial score (nSPS) is 49.5. The molecule has 1 spiro atoms. The first-order chi connectivity index (χ1) is 10.2. The summed E-state index contributed by atoms with van der Waals surface area (Å²) in [6.45, 7) is 9.19. The Morgan fingerprint density at radius 3 is 2.55 bits per heavy atom. The summed E-state index contributed by atoms with van der Waals surface area (Å²) in [5.41, 5.74) is 1.12. The van der Waals surface area contributed by atoms with Crippen molar-refractivity contribution in [3.05, 3.63) is 11.6 Å². The Morgan fingerprint density at radius 2 is 1.82 bits per heavy atom. The number of carbonyl (C=O) groups excluding carboxylic acids is 2. The van der Waals surface area contributed by atoms with Gasteiger partial charge in [0.1, 0.15) is 5.78 Å². The van der Waals surface area contributed by atoms with Crippen LogP contribution in [0.5, 0.6) is 0 Å². The number of ketones is 2. The lowest BCUT2D eigenvalue weighted by Gasteiger charge is -2.63. The third-order valence-electron chi connectivity index (χ3n) is 8.22. The molecule has 0 N–H and O–H groups in total. The largest absolute Gasteiger partial charge is 0.299 e. The first-order valence-corrected chi connectivity index (χ1v) is 8.95. The minimum absolute atomic E-state index is 0.0205. The van der Waals surface area contributed by atoms with Crippen molar-refractivity contribution in [2.75, 3.05) is 0 Å². The zero-order chi connectivity index (χ0) is 16.0. The lowest BCUT2D eigenvalue weighted by Crippen LogP contribution is -2.56. The molecule has 22 heavy (non-hydrogen) atoms. The molecule has 4 atom stereocenters. The molecule has 2 heteroatoms. The van der Waals surface area contributed by atoms with Crippen LogP contribution in [-0.2, 0) is 9.59 Å². The maximum Gasteiger partial charge on any atom is 0.168 e. The zero-order valence-electron chi connectivity index (χ0n) is 14.4. The predicted molar refractivity (Wildman–Crippen MR) is 86.3 cm³/mol. The predicted octanol–water partition coefficient (Wildman–Crippen LogP) is 4.48. The van der Waals surface area contributed by atoms with Crippen LogP contribution < -0.4 is 0 Å². The van der Waals surface area contributed by atoms with Crippen LogP contribution in [0, 0.1) is 27.6 Å². The van der Waals surface area contributed by atoms with E-state index < -0.39 is 5.41 Å². The van der Waals surface area contributed by atoms with Gasteiger partial charge in [0.05, 0.1) is 5.41 Å². The molecule has 120 valence electrons. The van der Waals surface area contributed by atoms with Crippen LogP contribution in [0.4, 0.5) is 0 Å². The molecule has 0 unspecified atom stereocenters. The lowest BCUT2D eigenvalue weighted by atomic mass is 9.40. The Hall–Kier alpha value is -0.920. The molecule has 2 bridgehead atoms. The fourth-order valence-corrected chi connectivity index (χ4v) is 6.93. The number of carbonyl (C=O) groups is 2. The molecule has 4 rings (SSSR count). The van der Waals surface area contributed by atoms with E-state index in [1.165, 1.54) is 31.3 Å². The van der Waals surface area contributed by atoms with E-state index in [1.807, 2.05) is 13.0 Å². The molecule has 2 nitrogen and oxygen atoms in total. The monoisotopic (exact) mass is 300 g/mol. The van der Waals surface area contributed by atoms with Crippen molar-refractivity contribution in [2.45, 2.75) is 72.6 Å². The van der Waals surface area contributed by atoms with E-state index >= 15 is 0 Å². The average molecular weight is 300 g/mol. The van der Waals surface area contributed by atoms with Gasteiger partial charge in [-0.25, -0.2) is 0 Å². The van der Waals surface area contributed by atoms with Crippen molar-refractivity contribution in [2.24, 2.45) is 27.6 Å². The van der Waals surface area contributed by atoms with Crippen LogP contribution in [0.2, 0.25) is 0 Å². The van der Waals surface area contributed by atoms with E-state index in [4.69, 9.17) is 0 Å². The van der Waals surface area contributed by atoms with Gasteiger partial charge in [-0.3, -0.25) is 9.59 Å². The Labute approximate surface area is 133 Å². The molecule has 4 aliphatic rings. The van der Waals surface area contributed by atoms with Gasteiger partial charge in [0, 0.05) is 11.8 Å². The van der Waals surface area contributed by atoms with E-state index in [0.717, 1.165) is 12.8 Å². The first kappa shape index (κ1) is 14.7. The van der Waals surface area contributed by atoms with Gasteiger partial charge in [-0.15, -0.1) is 0 Å². The summed E-state index contributed by atoms with van der Waals surface area (Å²) in [5.74, 6) is 0.959. The van der Waals surface area contributed by atoms with Gasteiger partial charge in [-0.1, -0.05) is 32.8 Å². The average Bonchev–Trinajstić information content (AvgIpc) is 2.65. The van der Waals surface area contributed by atoms with Gasteiger partial charge in [0.25, 0.3) is 0 Å². The number of allylic oxidation sites excluding steroid dienone is 2. The van der Waals surface area contributed by atoms with Gasteiger partial charge < -0.3 is 0 Å². The maximum atomic E-state index is 12.8. The van der Waals surface area contributed by atoms with E-state index in [1.54, 1.807) is 0 Å². The quantitative estimate of drug-likeness (QED) is 0.618. The van der Waals surface area contributed by atoms with Crippen LogP contribution in [0.25, 0.3) is 0 Å². The molecule has 0 saturated heterocycles. The lowest BCUT2D eigenvalue weighted by molar-refractivity contribution is -0.135.